The second-order valence-corrected chi connectivity index (χ2v) is 5.44. The van der Waals surface area contributed by atoms with Crippen molar-refractivity contribution in [3.8, 4) is 17.2 Å². The van der Waals surface area contributed by atoms with Crippen molar-refractivity contribution in [2.24, 2.45) is 5.92 Å². The molecule has 1 aliphatic carbocycles. The monoisotopic (exact) mass is 272 g/mol. The molecule has 4 nitrogen and oxygen atoms in total. The van der Waals surface area contributed by atoms with Gasteiger partial charge in [-0.1, -0.05) is 6.92 Å². The molecule has 1 atom stereocenters. The van der Waals surface area contributed by atoms with Crippen LogP contribution in [0.1, 0.15) is 29.3 Å². The van der Waals surface area contributed by atoms with Gasteiger partial charge in [0.05, 0.1) is 18.1 Å². The Morgan fingerprint density at radius 2 is 1.95 bits per heavy atom. The van der Waals surface area contributed by atoms with Gasteiger partial charge in [-0.25, -0.2) is 0 Å². The Hall–Kier alpha value is -2.23. The predicted molar refractivity (Wildman–Crippen MR) is 75.6 cm³/mol. The van der Waals surface area contributed by atoms with Crippen LogP contribution in [0.4, 0.5) is 0 Å². The van der Waals surface area contributed by atoms with Crippen LogP contribution in [-0.2, 0) is 6.42 Å². The standard InChI is InChI=1S/C16H16O4/c1-8-3-9-5-10-6-11(20-2)7-13(18)15(10)16(19)14(9)12(17)4-8/h5-8,18-19H,3-4H2,1-2H3. The van der Waals surface area contributed by atoms with E-state index in [1.807, 2.05) is 13.0 Å². The number of methoxy groups -OCH3 is 1. The first-order valence-corrected chi connectivity index (χ1v) is 6.60. The SMILES string of the molecule is COc1cc(O)c2c(O)c3c(cc2c1)CC(C)CC3=O. The van der Waals surface area contributed by atoms with E-state index in [-0.39, 0.29) is 23.2 Å². The van der Waals surface area contributed by atoms with Crippen molar-refractivity contribution in [3.05, 3.63) is 29.3 Å². The van der Waals surface area contributed by atoms with Crippen molar-refractivity contribution >= 4 is 16.6 Å². The molecule has 0 saturated heterocycles. The molecule has 2 aromatic carbocycles. The van der Waals surface area contributed by atoms with Crippen molar-refractivity contribution in [1.29, 1.82) is 0 Å². The van der Waals surface area contributed by atoms with E-state index in [0.29, 0.717) is 28.5 Å². The van der Waals surface area contributed by atoms with Gasteiger partial charge in [0, 0.05) is 12.5 Å². The highest BCUT2D eigenvalue weighted by Crippen LogP contribution is 2.42. The molecule has 104 valence electrons. The van der Waals surface area contributed by atoms with Gasteiger partial charge in [0.25, 0.3) is 0 Å². The number of ether oxygens (including phenoxy) is 1. The summed E-state index contributed by atoms with van der Waals surface area (Å²) in [5.41, 5.74) is 1.20. The molecule has 0 heterocycles. The Balaban J connectivity index is 2.36. The van der Waals surface area contributed by atoms with Gasteiger partial charge in [-0.05, 0) is 35.4 Å². The number of fused-ring (bicyclic) bond motifs is 2. The summed E-state index contributed by atoms with van der Waals surface area (Å²) in [7, 11) is 1.52. The molecule has 0 saturated carbocycles. The van der Waals surface area contributed by atoms with Crippen molar-refractivity contribution in [1.82, 2.24) is 0 Å². The highest BCUT2D eigenvalue weighted by Gasteiger charge is 2.27. The van der Waals surface area contributed by atoms with E-state index in [4.69, 9.17) is 4.74 Å². The van der Waals surface area contributed by atoms with Gasteiger partial charge in [-0.2, -0.15) is 0 Å². The molecule has 2 N–H and O–H groups in total. The summed E-state index contributed by atoms with van der Waals surface area (Å²) in [4.78, 5) is 12.1. The number of phenolic OH excluding ortho intramolecular Hbond substituents is 2. The smallest absolute Gasteiger partial charge is 0.167 e. The quantitative estimate of drug-likeness (QED) is 0.837. The molecule has 0 spiro atoms. The zero-order valence-corrected chi connectivity index (χ0v) is 11.4. The Morgan fingerprint density at radius 3 is 2.65 bits per heavy atom. The number of hydrogen-bond acceptors (Lipinski definition) is 4. The molecule has 20 heavy (non-hydrogen) atoms. The maximum atomic E-state index is 12.1. The van der Waals surface area contributed by atoms with Crippen LogP contribution in [0.15, 0.2) is 18.2 Å². The van der Waals surface area contributed by atoms with E-state index in [9.17, 15) is 15.0 Å². The number of hydrogen-bond donors (Lipinski definition) is 2. The Labute approximate surface area is 116 Å². The van der Waals surface area contributed by atoms with Crippen LogP contribution in [0.5, 0.6) is 17.2 Å². The van der Waals surface area contributed by atoms with Crippen LogP contribution in [0.25, 0.3) is 10.8 Å². The predicted octanol–water partition coefficient (Wildman–Crippen LogP) is 3.02. The number of phenols is 2. The number of carbonyl (C=O) groups is 1. The maximum Gasteiger partial charge on any atom is 0.167 e. The average Bonchev–Trinajstić information content (AvgIpc) is 2.36. The van der Waals surface area contributed by atoms with Gasteiger partial charge in [-0.15, -0.1) is 0 Å². The number of carbonyl (C=O) groups excluding carboxylic acids is 1. The zero-order chi connectivity index (χ0) is 14.4. The van der Waals surface area contributed by atoms with E-state index < -0.39 is 0 Å². The lowest BCUT2D eigenvalue weighted by molar-refractivity contribution is 0.0950. The summed E-state index contributed by atoms with van der Waals surface area (Å²) in [6.45, 7) is 2.02. The molecule has 0 bridgehead atoms. The highest BCUT2D eigenvalue weighted by molar-refractivity contribution is 6.08. The summed E-state index contributed by atoms with van der Waals surface area (Å²) < 4.78 is 5.12. The lowest BCUT2D eigenvalue weighted by Crippen LogP contribution is -2.18. The van der Waals surface area contributed by atoms with Crippen molar-refractivity contribution in [2.45, 2.75) is 19.8 Å². The van der Waals surface area contributed by atoms with E-state index >= 15 is 0 Å². The molecule has 0 radical (unpaired) electrons. The van der Waals surface area contributed by atoms with Gasteiger partial charge >= 0.3 is 0 Å². The number of benzene rings is 2. The Morgan fingerprint density at radius 1 is 1.20 bits per heavy atom. The van der Waals surface area contributed by atoms with Crippen LogP contribution in [0.3, 0.4) is 0 Å². The fourth-order valence-electron chi connectivity index (χ4n) is 2.99. The second-order valence-electron chi connectivity index (χ2n) is 5.44. The number of ketones is 1. The number of Topliss-reactive ketones (excluding diaryl/α,β-unsaturated/α-hetero) is 1. The fourth-order valence-corrected chi connectivity index (χ4v) is 2.99. The van der Waals surface area contributed by atoms with Gasteiger partial charge in [0.15, 0.2) is 5.78 Å². The van der Waals surface area contributed by atoms with Crippen LogP contribution in [0, 0.1) is 5.92 Å². The van der Waals surface area contributed by atoms with E-state index in [1.54, 1.807) is 6.07 Å². The molecular weight excluding hydrogens is 256 g/mol. The third-order valence-corrected chi connectivity index (χ3v) is 3.86. The number of rotatable bonds is 1. The van der Waals surface area contributed by atoms with Gasteiger partial charge in [0.2, 0.25) is 0 Å². The first-order valence-electron chi connectivity index (χ1n) is 6.60. The van der Waals surface area contributed by atoms with Gasteiger partial charge in [0.1, 0.15) is 17.2 Å². The van der Waals surface area contributed by atoms with E-state index in [1.165, 1.54) is 13.2 Å². The van der Waals surface area contributed by atoms with Crippen LogP contribution in [0.2, 0.25) is 0 Å². The van der Waals surface area contributed by atoms with Crippen molar-refractivity contribution in [3.63, 3.8) is 0 Å². The lowest BCUT2D eigenvalue weighted by Gasteiger charge is -2.22. The largest absolute Gasteiger partial charge is 0.507 e. The second kappa shape index (κ2) is 4.40. The highest BCUT2D eigenvalue weighted by atomic mass is 16.5. The molecule has 3 rings (SSSR count). The van der Waals surface area contributed by atoms with E-state index in [0.717, 1.165) is 12.0 Å². The van der Waals surface area contributed by atoms with Crippen molar-refractivity contribution in [2.75, 3.05) is 7.11 Å². The molecule has 0 fully saturated rings. The summed E-state index contributed by atoms with van der Waals surface area (Å²) >= 11 is 0. The van der Waals surface area contributed by atoms with Gasteiger partial charge in [-0.3, -0.25) is 4.79 Å². The van der Waals surface area contributed by atoms with Crippen molar-refractivity contribution < 1.29 is 19.7 Å². The third kappa shape index (κ3) is 1.80. The van der Waals surface area contributed by atoms with Crippen LogP contribution >= 0.6 is 0 Å². The minimum absolute atomic E-state index is 0.0617. The maximum absolute atomic E-state index is 12.1. The normalized spacial score (nSPS) is 18.1. The van der Waals surface area contributed by atoms with Crippen LogP contribution < -0.4 is 4.74 Å². The fraction of sp³-hybridized carbons (Fsp3) is 0.312. The minimum Gasteiger partial charge on any atom is -0.507 e. The molecule has 2 aromatic rings. The molecule has 1 aliphatic rings. The minimum atomic E-state index is -0.116. The summed E-state index contributed by atoms with van der Waals surface area (Å²) in [5.74, 6) is 0.532. The number of aromatic hydroxyl groups is 2. The third-order valence-electron chi connectivity index (χ3n) is 3.86. The Bertz CT molecular complexity index is 718. The lowest BCUT2D eigenvalue weighted by atomic mass is 9.82. The average molecular weight is 272 g/mol. The summed E-state index contributed by atoms with van der Waals surface area (Å²) in [6.07, 6.45) is 1.19. The molecule has 4 heteroatoms. The summed E-state index contributed by atoms with van der Waals surface area (Å²) in [6, 6.07) is 5.05. The molecule has 0 amide bonds. The first kappa shape index (κ1) is 12.8. The zero-order valence-electron chi connectivity index (χ0n) is 11.4. The topological polar surface area (TPSA) is 66.8 Å². The van der Waals surface area contributed by atoms with E-state index in [2.05, 4.69) is 0 Å². The molecule has 0 aliphatic heterocycles. The first-order chi connectivity index (χ1) is 9.51. The molecule has 0 aromatic heterocycles. The molecular formula is C16H16O4. The van der Waals surface area contributed by atoms with Crippen LogP contribution in [-0.4, -0.2) is 23.1 Å². The Kier molecular flexibility index (Phi) is 2.82. The molecule has 1 unspecified atom stereocenters. The summed E-state index contributed by atoms with van der Waals surface area (Å²) in [5, 5.41) is 21.4. The van der Waals surface area contributed by atoms with Gasteiger partial charge < -0.3 is 14.9 Å².